The van der Waals surface area contributed by atoms with Crippen molar-refractivity contribution in [1.82, 2.24) is 0 Å². The van der Waals surface area contributed by atoms with Gasteiger partial charge in [-0.15, -0.1) is 0 Å². The minimum atomic E-state index is -0.537. The lowest BCUT2D eigenvalue weighted by Crippen LogP contribution is -2.20. The molecule has 110 valence electrons. The maximum absolute atomic E-state index is 13.0. The van der Waals surface area contributed by atoms with Crippen LogP contribution in [0.1, 0.15) is 5.56 Å². The molecule has 21 heavy (non-hydrogen) atoms. The fourth-order valence-electron chi connectivity index (χ4n) is 1.68. The first-order chi connectivity index (χ1) is 10.1. The smallest absolute Gasteiger partial charge is 0.262 e. The molecular weight excluding hydrogens is 295 g/mol. The van der Waals surface area contributed by atoms with E-state index in [0.717, 1.165) is 5.56 Å². The van der Waals surface area contributed by atoms with E-state index in [-0.39, 0.29) is 17.5 Å². The summed E-state index contributed by atoms with van der Waals surface area (Å²) < 4.78 is 18.4. The van der Waals surface area contributed by atoms with Crippen molar-refractivity contribution in [3.8, 4) is 5.75 Å². The predicted molar refractivity (Wildman–Crippen MR) is 79.9 cm³/mol. The maximum Gasteiger partial charge on any atom is 0.262 e. The van der Waals surface area contributed by atoms with Crippen molar-refractivity contribution < 1.29 is 13.9 Å². The molecule has 2 aromatic carbocycles. The molecule has 0 saturated carbocycles. The normalized spacial score (nSPS) is 10.2. The number of carbonyl (C=O) groups excluding carboxylic acids is 1. The third kappa shape index (κ3) is 4.44. The molecule has 0 aliphatic rings. The Balaban J connectivity index is 1.91. The first kappa shape index (κ1) is 15.3. The minimum Gasteiger partial charge on any atom is -0.484 e. The molecule has 0 aliphatic heterocycles. The molecule has 0 aromatic heterocycles. The summed E-state index contributed by atoms with van der Waals surface area (Å²) in [6, 6.07) is 11.1. The largest absolute Gasteiger partial charge is 0.484 e. The zero-order chi connectivity index (χ0) is 15.2. The van der Waals surface area contributed by atoms with E-state index in [2.05, 4.69) is 5.32 Å². The van der Waals surface area contributed by atoms with Crippen molar-refractivity contribution in [1.29, 1.82) is 0 Å². The van der Waals surface area contributed by atoms with Gasteiger partial charge in [0.1, 0.15) is 11.6 Å². The first-order valence-electron chi connectivity index (χ1n) is 6.25. The van der Waals surface area contributed by atoms with Gasteiger partial charge in [-0.25, -0.2) is 4.39 Å². The Morgan fingerprint density at radius 3 is 2.81 bits per heavy atom. The number of rotatable bonds is 5. The highest BCUT2D eigenvalue weighted by Crippen LogP contribution is 2.19. The van der Waals surface area contributed by atoms with E-state index >= 15 is 0 Å². The number of nitrogens with one attached hydrogen (secondary N) is 1. The van der Waals surface area contributed by atoms with Crippen molar-refractivity contribution in [3.05, 3.63) is 58.9 Å². The lowest BCUT2D eigenvalue weighted by Gasteiger charge is -2.09. The van der Waals surface area contributed by atoms with E-state index in [0.29, 0.717) is 18.0 Å². The van der Waals surface area contributed by atoms with Crippen LogP contribution in [0, 0.1) is 5.82 Å². The Bertz CT molecular complexity index is 649. The third-order valence-corrected chi connectivity index (χ3v) is 3.00. The Morgan fingerprint density at radius 1 is 1.29 bits per heavy atom. The molecule has 0 bridgehead atoms. The van der Waals surface area contributed by atoms with Crippen molar-refractivity contribution in [2.45, 2.75) is 6.54 Å². The van der Waals surface area contributed by atoms with Crippen LogP contribution < -0.4 is 15.8 Å². The van der Waals surface area contributed by atoms with Crippen LogP contribution in [0.15, 0.2) is 42.5 Å². The summed E-state index contributed by atoms with van der Waals surface area (Å²) >= 11 is 5.63. The Kier molecular flexibility index (Phi) is 5.14. The second kappa shape index (κ2) is 7.06. The monoisotopic (exact) mass is 308 g/mol. The minimum absolute atomic E-state index is 0.0515. The van der Waals surface area contributed by atoms with Crippen LogP contribution in [0.2, 0.25) is 5.02 Å². The van der Waals surface area contributed by atoms with Crippen molar-refractivity contribution in [2.75, 3.05) is 11.9 Å². The van der Waals surface area contributed by atoms with E-state index in [9.17, 15) is 9.18 Å². The summed E-state index contributed by atoms with van der Waals surface area (Å²) in [6.45, 7) is 0.237. The first-order valence-corrected chi connectivity index (χ1v) is 6.63. The molecule has 0 unspecified atom stereocenters. The number of ether oxygens (including phenoxy) is 1. The number of carbonyl (C=O) groups is 1. The molecule has 0 spiro atoms. The standard InChI is InChI=1S/C15H14ClFN2O2/c16-13-7-11(4-5-14(13)17)19-15(20)9-21-12-3-1-2-10(6-12)8-18/h1-7H,8-9,18H2,(H,19,20). The lowest BCUT2D eigenvalue weighted by molar-refractivity contribution is -0.118. The van der Waals surface area contributed by atoms with E-state index < -0.39 is 5.82 Å². The molecule has 0 radical (unpaired) electrons. The topological polar surface area (TPSA) is 64.3 Å². The molecule has 4 nitrogen and oxygen atoms in total. The zero-order valence-electron chi connectivity index (χ0n) is 11.1. The summed E-state index contributed by atoms with van der Waals surface area (Å²) in [5, 5.41) is 2.52. The van der Waals surface area contributed by atoms with E-state index in [1.54, 1.807) is 18.2 Å². The van der Waals surface area contributed by atoms with Crippen LogP contribution in [0.25, 0.3) is 0 Å². The molecule has 0 fully saturated rings. The zero-order valence-corrected chi connectivity index (χ0v) is 11.9. The number of amides is 1. The average molecular weight is 309 g/mol. The van der Waals surface area contributed by atoms with Crippen LogP contribution in [-0.2, 0) is 11.3 Å². The third-order valence-electron chi connectivity index (χ3n) is 2.71. The maximum atomic E-state index is 13.0. The average Bonchev–Trinajstić information content (AvgIpc) is 2.49. The van der Waals surface area contributed by atoms with Crippen LogP contribution >= 0.6 is 11.6 Å². The van der Waals surface area contributed by atoms with Gasteiger partial charge in [-0.05, 0) is 35.9 Å². The summed E-state index contributed by atoms with van der Waals surface area (Å²) in [4.78, 5) is 11.7. The van der Waals surface area contributed by atoms with Gasteiger partial charge < -0.3 is 15.8 Å². The fourth-order valence-corrected chi connectivity index (χ4v) is 1.86. The quantitative estimate of drug-likeness (QED) is 0.892. The summed E-state index contributed by atoms with van der Waals surface area (Å²) in [7, 11) is 0. The van der Waals surface area contributed by atoms with Crippen molar-refractivity contribution in [3.63, 3.8) is 0 Å². The number of nitrogens with two attached hydrogens (primary N) is 1. The van der Waals surface area contributed by atoms with E-state index in [1.165, 1.54) is 18.2 Å². The van der Waals surface area contributed by atoms with Crippen molar-refractivity contribution in [2.24, 2.45) is 5.73 Å². The van der Waals surface area contributed by atoms with Gasteiger partial charge >= 0.3 is 0 Å². The van der Waals surface area contributed by atoms with Gasteiger partial charge in [-0.2, -0.15) is 0 Å². The molecule has 2 aromatic rings. The summed E-state index contributed by atoms with van der Waals surface area (Å²) in [6.07, 6.45) is 0. The summed E-state index contributed by atoms with van der Waals surface area (Å²) in [5.74, 6) is -0.342. The highest BCUT2D eigenvalue weighted by atomic mass is 35.5. The van der Waals surface area contributed by atoms with Gasteiger partial charge in [-0.3, -0.25) is 4.79 Å². The second-order valence-electron chi connectivity index (χ2n) is 4.32. The van der Waals surface area contributed by atoms with Gasteiger partial charge in [-0.1, -0.05) is 23.7 Å². The van der Waals surface area contributed by atoms with E-state index in [4.69, 9.17) is 22.1 Å². The second-order valence-corrected chi connectivity index (χ2v) is 4.72. The molecule has 0 saturated heterocycles. The SMILES string of the molecule is NCc1cccc(OCC(=O)Nc2ccc(F)c(Cl)c2)c1. The van der Waals surface area contributed by atoms with Gasteiger partial charge in [0.25, 0.3) is 5.91 Å². The molecule has 0 heterocycles. The molecule has 2 rings (SSSR count). The number of halogens is 2. The number of benzene rings is 2. The highest BCUT2D eigenvalue weighted by molar-refractivity contribution is 6.31. The molecule has 3 N–H and O–H groups in total. The Hall–Kier alpha value is -2.11. The van der Waals surface area contributed by atoms with Gasteiger partial charge in [0, 0.05) is 12.2 Å². The molecule has 1 amide bonds. The lowest BCUT2D eigenvalue weighted by atomic mass is 10.2. The van der Waals surface area contributed by atoms with Crippen LogP contribution in [0.5, 0.6) is 5.75 Å². The Labute approximate surface area is 126 Å². The number of anilines is 1. The van der Waals surface area contributed by atoms with Crippen LogP contribution in [-0.4, -0.2) is 12.5 Å². The fraction of sp³-hybridized carbons (Fsp3) is 0.133. The molecule has 0 aliphatic carbocycles. The van der Waals surface area contributed by atoms with Crippen molar-refractivity contribution >= 4 is 23.2 Å². The molecule has 6 heteroatoms. The number of hydrogen-bond donors (Lipinski definition) is 2. The summed E-state index contributed by atoms with van der Waals surface area (Å²) in [5.41, 5.74) is 6.85. The van der Waals surface area contributed by atoms with Gasteiger partial charge in [0.2, 0.25) is 0 Å². The number of hydrogen-bond acceptors (Lipinski definition) is 3. The molecular formula is C15H14ClFN2O2. The van der Waals surface area contributed by atoms with Crippen LogP contribution in [0.4, 0.5) is 10.1 Å². The predicted octanol–water partition coefficient (Wildman–Crippen LogP) is 2.96. The highest BCUT2D eigenvalue weighted by Gasteiger charge is 2.06. The van der Waals surface area contributed by atoms with Crippen LogP contribution in [0.3, 0.4) is 0 Å². The van der Waals surface area contributed by atoms with Gasteiger partial charge in [0.05, 0.1) is 5.02 Å². The van der Waals surface area contributed by atoms with E-state index in [1.807, 2.05) is 6.07 Å². The molecule has 0 atom stereocenters. The van der Waals surface area contributed by atoms with Gasteiger partial charge in [0.15, 0.2) is 6.61 Å². The Morgan fingerprint density at radius 2 is 2.10 bits per heavy atom.